The summed E-state index contributed by atoms with van der Waals surface area (Å²) in [6.07, 6.45) is -2.21. The summed E-state index contributed by atoms with van der Waals surface area (Å²) in [5, 5.41) is 5.31. The summed E-state index contributed by atoms with van der Waals surface area (Å²) in [7, 11) is 3.81. The summed E-state index contributed by atoms with van der Waals surface area (Å²) in [5.41, 5.74) is 0.184. The van der Waals surface area contributed by atoms with Crippen LogP contribution in [0.2, 0.25) is 5.02 Å². The van der Waals surface area contributed by atoms with Gasteiger partial charge in [0.15, 0.2) is 11.7 Å². The van der Waals surface area contributed by atoms with Crippen molar-refractivity contribution < 1.29 is 13.2 Å². The number of hydrogen-bond donors (Lipinski definition) is 1. The smallest absolute Gasteiger partial charge is 0.357 e. The Bertz CT molecular complexity index is 760. The van der Waals surface area contributed by atoms with Crippen LogP contribution in [-0.2, 0) is 26.2 Å². The second-order valence-electron chi connectivity index (χ2n) is 5.73. The van der Waals surface area contributed by atoms with Crippen LogP contribution in [0.5, 0.6) is 0 Å². The first-order valence-electron chi connectivity index (χ1n) is 8.02. The van der Waals surface area contributed by atoms with Gasteiger partial charge in [-0.05, 0) is 13.0 Å². The highest BCUT2D eigenvalue weighted by Crippen LogP contribution is 2.30. The van der Waals surface area contributed by atoms with Gasteiger partial charge in [0.05, 0.1) is 16.6 Å². The highest BCUT2D eigenvalue weighted by atomic mass is 127. The third-order valence-corrected chi connectivity index (χ3v) is 4.71. The second kappa shape index (κ2) is 10.5. The van der Waals surface area contributed by atoms with Gasteiger partial charge in [0.25, 0.3) is 0 Å². The molecule has 0 fully saturated rings. The lowest BCUT2D eigenvalue weighted by Crippen LogP contribution is -2.39. The Kier molecular flexibility index (Phi) is 9.35. The molecular formula is C16H22ClF3IN5S. The van der Waals surface area contributed by atoms with Crippen molar-refractivity contribution in [2.45, 2.75) is 26.1 Å². The summed E-state index contributed by atoms with van der Waals surface area (Å²) >= 11 is 7.01. The molecule has 0 spiro atoms. The van der Waals surface area contributed by atoms with Gasteiger partial charge in [-0.2, -0.15) is 13.2 Å². The number of rotatable bonds is 6. The zero-order chi connectivity index (χ0) is 19.3. The van der Waals surface area contributed by atoms with E-state index in [1.807, 2.05) is 42.7 Å². The molecule has 0 aliphatic rings. The molecule has 27 heavy (non-hydrogen) atoms. The van der Waals surface area contributed by atoms with Gasteiger partial charge in [-0.1, -0.05) is 11.6 Å². The Hall–Kier alpha value is -1.01. The van der Waals surface area contributed by atoms with E-state index in [2.05, 4.69) is 15.3 Å². The molecule has 0 bridgehead atoms. The fourth-order valence-electron chi connectivity index (χ4n) is 2.32. The Morgan fingerprint density at radius 3 is 2.67 bits per heavy atom. The molecule has 2 heterocycles. The topological polar surface area (TPSA) is 45.5 Å². The van der Waals surface area contributed by atoms with Crippen LogP contribution in [0.1, 0.15) is 23.3 Å². The fraction of sp³-hybridized carbons (Fsp3) is 0.500. The highest BCUT2D eigenvalue weighted by Gasteiger charge is 2.33. The van der Waals surface area contributed by atoms with E-state index in [4.69, 9.17) is 11.6 Å². The normalized spacial score (nSPS) is 12.0. The van der Waals surface area contributed by atoms with Gasteiger partial charge < -0.3 is 14.8 Å². The molecule has 152 valence electrons. The van der Waals surface area contributed by atoms with E-state index in [-0.39, 0.29) is 24.0 Å². The number of halogens is 5. The van der Waals surface area contributed by atoms with E-state index >= 15 is 0 Å². The molecule has 0 radical (unpaired) electrons. The number of aryl methyl sites for hydroxylation is 1. The van der Waals surface area contributed by atoms with Gasteiger partial charge >= 0.3 is 6.18 Å². The highest BCUT2D eigenvalue weighted by molar-refractivity contribution is 14.0. The van der Waals surface area contributed by atoms with Crippen LogP contribution < -0.4 is 5.32 Å². The molecule has 0 aromatic carbocycles. The summed E-state index contributed by atoms with van der Waals surface area (Å²) in [5.74, 6) is 0.678. The summed E-state index contributed by atoms with van der Waals surface area (Å²) in [6, 6.07) is 1.88. The minimum Gasteiger partial charge on any atom is -0.357 e. The van der Waals surface area contributed by atoms with Crippen molar-refractivity contribution in [1.82, 2.24) is 19.8 Å². The van der Waals surface area contributed by atoms with E-state index in [0.717, 1.165) is 22.4 Å². The van der Waals surface area contributed by atoms with Crippen LogP contribution in [0.4, 0.5) is 13.2 Å². The number of hydrogen-bond acceptors (Lipinski definition) is 3. The molecule has 2 aromatic rings. The lowest BCUT2D eigenvalue weighted by molar-refractivity contribution is -0.140. The maximum Gasteiger partial charge on any atom is 0.434 e. The predicted molar refractivity (Wildman–Crippen MR) is 114 cm³/mol. The first-order valence-corrected chi connectivity index (χ1v) is 9.28. The largest absolute Gasteiger partial charge is 0.434 e. The van der Waals surface area contributed by atoms with Crippen molar-refractivity contribution in [3.63, 3.8) is 0 Å². The van der Waals surface area contributed by atoms with Gasteiger partial charge in [0.2, 0.25) is 0 Å². The Labute approximate surface area is 182 Å². The average Bonchev–Trinajstić information content (AvgIpc) is 3.13. The summed E-state index contributed by atoms with van der Waals surface area (Å²) in [4.78, 5) is 10.1. The Balaban J connectivity index is 0.00000364. The first kappa shape index (κ1) is 24.0. The number of thiazole rings is 1. The van der Waals surface area contributed by atoms with Crippen LogP contribution >= 0.6 is 46.9 Å². The number of guanidine groups is 1. The number of nitrogens with one attached hydrogen (secondary N) is 1. The molecule has 11 heteroatoms. The van der Waals surface area contributed by atoms with Crippen LogP contribution in [0.25, 0.3) is 0 Å². The van der Waals surface area contributed by atoms with Crippen molar-refractivity contribution in [2.24, 2.45) is 12.0 Å². The molecular weight excluding hydrogens is 514 g/mol. The second-order valence-corrected chi connectivity index (χ2v) is 7.11. The minimum atomic E-state index is -4.40. The van der Waals surface area contributed by atoms with E-state index in [1.165, 1.54) is 0 Å². The number of aliphatic imine (C=N–C) groups is 1. The van der Waals surface area contributed by atoms with Gasteiger partial charge in [-0.3, -0.25) is 4.99 Å². The Morgan fingerprint density at radius 1 is 1.44 bits per heavy atom. The monoisotopic (exact) mass is 535 g/mol. The number of nitrogens with zero attached hydrogens (tertiary/aromatic N) is 4. The van der Waals surface area contributed by atoms with E-state index in [0.29, 0.717) is 42.0 Å². The maximum absolute atomic E-state index is 12.6. The molecule has 1 N–H and O–H groups in total. The molecule has 5 nitrogen and oxygen atoms in total. The first-order chi connectivity index (χ1) is 12.2. The third-order valence-electron chi connectivity index (χ3n) is 3.60. The van der Waals surface area contributed by atoms with Gasteiger partial charge in [0, 0.05) is 50.9 Å². The van der Waals surface area contributed by atoms with Crippen LogP contribution in [0.3, 0.4) is 0 Å². The fourth-order valence-corrected chi connectivity index (χ4v) is 3.39. The van der Waals surface area contributed by atoms with Crippen molar-refractivity contribution in [3.8, 4) is 0 Å². The van der Waals surface area contributed by atoms with Crippen molar-refractivity contribution in [2.75, 3.05) is 20.1 Å². The van der Waals surface area contributed by atoms with E-state index in [1.54, 1.807) is 0 Å². The molecule has 0 atom stereocenters. The molecule has 0 saturated carbocycles. The number of aromatic nitrogens is 2. The Morgan fingerprint density at radius 2 is 2.15 bits per heavy atom. The third kappa shape index (κ3) is 7.15. The summed E-state index contributed by atoms with van der Waals surface area (Å²) in [6.45, 7) is 3.60. The van der Waals surface area contributed by atoms with Crippen molar-refractivity contribution in [1.29, 1.82) is 0 Å². The molecule has 2 aromatic heterocycles. The molecule has 0 saturated heterocycles. The van der Waals surface area contributed by atoms with Crippen molar-refractivity contribution >= 4 is 52.9 Å². The molecule has 0 aliphatic carbocycles. The summed E-state index contributed by atoms with van der Waals surface area (Å²) < 4.78 is 39.7. The molecule has 0 aliphatic heterocycles. The minimum absolute atomic E-state index is 0. The quantitative estimate of drug-likeness (QED) is 0.339. The molecule has 0 unspecified atom stereocenters. The maximum atomic E-state index is 12.6. The molecule has 0 amide bonds. The SMILES string of the molecule is CCNC(=NCCc1nc(C(F)(F)F)cs1)N(C)Cc1cc(Cl)cn1C.I. The van der Waals surface area contributed by atoms with Crippen LogP contribution in [0.15, 0.2) is 22.6 Å². The predicted octanol–water partition coefficient (Wildman–Crippen LogP) is 4.41. The lowest BCUT2D eigenvalue weighted by Gasteiger charge is -2.22. The van der Waals surface area contributed by atoms with Gasteiger partial charge in [-0.25, -0.2) is 4.98 Å². The van der Waals surface area contributed by atoms with E-state index < -0.39 is 11.9 Å². The lowest BCUT2D eigenvalue weighted by atomic mass is 10.4. The van der Waals surface area contributed by atoms with Crippen LogP contribution in [0, 0.1) is 0 Å². The van der Waals surface area contributed by atoms with Crippen molar-refractivity contribution in [3.05, 3.63) is 39.1 Å². The average molecular weight is 536 g/mol. The standard InChI is InChI=1S/C16H21ClF3N5S.HI/c1-4-21-15(25(3)9-12-7-11(17)8-24(12)2)22-6-5-14-23-13(10-26-14)16(18,19)20;/h7-8,10H,4-6,9H2,1-3H3,(H,21,22);1H. The molecule has 2 rings (SSSR count). The van der Waals surface area contributed by atoms with Crippen LogP contribution in [-0.4, -0.2) is 40.5 Å². The zero-order valence-electron chi connectivity index (χ0n) is 15.2. The van der Waals surface area contributed by atoms with Gasteiger partial charge in [-0.15, -0.1) is 35.3 Å². The zero-order valence-corrected chi connectivity index (χ0v) is 19.1. The number of alkyl halides is 3. The van der Waals surface area contributed by atoms with E-state index in [9.17, 15) is 13.2 Å². The van der Waals surface area contributed by atoms with Gasteiger partial charge in [0.1, 0.15) is 0 Å².